The lowest BCUT2D eigenvalue weighted by atomic mass is 10.2. The minimum atomic E-state index is -0.306. The first kappa shape index (κ1) is 11.8. The van der Waals surface area contributed by atoms with Crippen molar-refractivity contribution in [1.29, 1.82) is 0 Å². The molecule has 5 nitrogen and oxygen atoms in total. The number of benzene rings is 1. The van der Waals surface area contributed by atoms with E-state index in [1.54, 1.807) is 12.4 Å². The molecule has 1 amide bonds. The molecule has 2 aromatic rings. The van der Waals surface area contributed by atoms with Gasteiger partial charge in [0.15, 0.2) is 0 Å². The van der Waals surface area contributed by atoms with Crippen LogP contribution in [0.1, 0.15) is 16.1 Å². The van der Waals surface area contributed by atoms with E-state index in [2.05, 4.69) is 20.7 Å². The molecule has 0 saturated heterocycles. The highest BCUT2D eigenvalue weighted by Gasteiger charge is 2.10. The number of hydrogen-bond donors (Lipinski definition) is 2. The van der Waals surface area contributed by atoms with E-state index in [4.69, 9.17) is 0 Å². The van der Waals surface area contributed by atoms with E-state index in [1.165, 1.54) is 0 Å². The molecule has 0 saturated carbocycles. The highest BCUT2D eigenvalue weighted by atomic mass is 127. The molecule has 0 bridgehead atoms. The number of nitrogens with one attached hydrogen (secondary N) is 2. The van der Waals surface area contributed by atoms with Crippen molar-refractivity contribution in [2.45, 2.75) is 0 Å². The summed E-state index contributed by atoms with van der Waals surface area (Å²) in [6.45, 7) is 0. The van der Waals surface area contributed by atoms with Crippen LogP contribution in [0.5, 0.6) is 0 Å². The number of hydrazone groups is 1. The Morgan fingerprint density at radius 1 is 1.41 bits per heavy atom. The molecular weight excluding hydrogens is 331 g/mol. The molecule has 1 aromatic carbocycles. The zero-order valence-corrected chi connectivity index (χ0v) is 10.9. The van der Waals surface area contributed by atoms with Crippen molar-refractivity contribution < 1.29 is 4.79 Å². The Labute approximate surface area is 111 Å². The van der Waals surface area contributed by atoms with Crippen LogP contribution in [-0.4, -0.2) is 22.3 Å². The molecule has 2 N–H and O–H groups in total. The van der Waals surface area contributed by atoms with Gasteiger partial charge < -0.3 is 0 Å². The van der Waals surface area contributed by atoms with Crippen LogP contribution in [0.25, 0.3) is 0 Å². The first-order chi connectivity index (χ1) is 8.27. The molecular formula is C11H9IN4O. The summed E-state index contributed by atoms with van der Waals surface area (Å²) in [5.41, 5.74) is 3.76. The van der Waals surface area contributed by atoms with Crippen molar-refractivity contribution in [3.63, 3.8) is 0 Å². The number of halogens is 1. The molecule has 2 rings (SSSR count). The maximum atomic E-state index is 11.6. The van der Waals surface area contributed by atoms with Crippen molar-refractivity contribution in [1.82, 2.24) is 15.6 Å². The lowest BCUT2D eigenvalue weighted by Crippen LogP contribution is -2.19. The van der Waals surface area contributed by atoms with Gasteiger partial charge in [-0.05, 0) is 28.2 Å². The van der Waals surface area contributed by atoms with E-state index < -0.39 is 0 Å². The van der Waals surface area contributed by atoms with Crippen LogP contribution in [0.15, 0.2) is 41.6 Å². The zero-order valence-electron chi connectivity index (χ0n) is 8.72. The van der Waals surface area contributed by atoms with E-state index in [0.29, 0.717) is 5.69 Å². The van der Waals surface area contributed by atoms with Crippen LogP contribution >= 0.6 is 22.6 Å². The number of carbonyl (C=O) groups is 1. The smallest absolute Gasteiger partial charge is 0.272 e. The SMILES string of the molecule is O=C(N/N=C/c1ccccc1)c1[nH]ncc1I. The normalized spacial score (nSPS) is 10.6. The van der Waals surface area contributed by atoms with Crippen LogP contribution in [0.3, 0.4) is 0 Å². The summed E-state index contributed by atoms with van der Waals surface area (Å²) >= 11 is 2.03. The van der Waals surface area contributed by atoms with Gasteiger partial charge in [0.05, 0.1) is 16.0 Å². The second kappa shape index (κ2) is 5.58. The Morgan fingerprint density at radius 3 is 2.82 bits per heavy atom. The first-order valence-electron chi connectivity index (χ1n) is 4.84. The monoisotopic (exact) mass is 340 g/mol. The molecule has 0 unspecified atom stereocenters. The Kier molecular flexibility index (Phi) is 3.86. The van der Waals surface area contributed by atoms with Crippen molar-refractivity contribution in [3.05, 3.63) is 51.4 Å². The largest absolute Gasteiger partial charge is 0.290 e. The molecule has 6 heteroatoms. The molecule has 0 aliphatic rings. The van der Waals surface area contributed by atoms with Crippen molar-refractivity contribution >= 4 is 34.7 Å². The van der Waals surface area contributed by atoms with Crippen LogP contribution in [0, 0.1) is 3.57 Å². The fraction of sp³-hybridized carbons (Fsp3) is 0. The van der Waals surface area contributed by atoms with E-state index in [1.807, 2.05) is 52.9 Å². The minimum absolute atomic E-state index is 0.306. The number of aromatic amines is 1. The summed E-state index contributed by atoms with van der Waals surface area (Å²) in [6, 6.07) is 9.52. The van der Waals surface area contributed by atoms with Crippen LogP contribution in [0.4, 0.5) is 0 Å². The molecule has 0 aliphatic carbocycles. The van der Waals surface area contributed by atoms with Crippen molar-refractivity contribution in [3.8, 4) is 0 Å². The van der Waals surface area contributed by atoms with Gasteiger partial charge in [0.25, 0.3) is 5.91 Å². The summed E-state index contributed by atoms with van der Waals surface area (Å²) in [6.07, 6.45) is 3.16. The lowest BCUT2D eigenvalue weighted by molar-refractivity contribution is 0.0949. The van der Waals surface area contributed by atoms with Crippen LogP contribution in [0.2, 0.25) is 0 Å². The highest BCUT2D eigenvalue weighted by Crippen LogP contribution is 2.06. The maximum Gasteiger partial charge on any atom is 0.290 e. The maximum absolute atomic E-state index is 11.6. The van der Waals surface area contributed by atoms with Crippen molar-refractivity contribution in [2.75, 3.05) is 0 Å². The van der Waals surface area contributed by atoms with Gasteiger partial charge in [0.2, 0.25) is 0 Å². The first-order valence-corrected chi connectivity index (χ1v) is 5.92. The lowest BCUT2D eigenvalue weighted by Gasteiger charge is -1.96. The molecule has 0 aliphatic heterocycles. The molecule has 0 atom stereocenters. The van der Waals surface area contributed by atoms with Gasteiger partial charge >= 0.3 is 0 Å². The minimum Gasteiger partial charge on any atom is -0.272 e. The number of amides is 1. The van der Waals surface area contributed by atoms with Gasteiger partial charge in [-0.2, -0.15) is 10.2 Å². The molecule has 17 heavy (non-hydrogen) atoms. The summed E-state index contributed by atoms with van der Waals surface area (Å²) in [5, 5.41) is 10.2. The predicted octanol–water partition coefficient (Wildman–Crippen LogP) is 1.78. The van der Waals surface area contributed by atoms with E-state index in [-0.39, 0.29) is 5.91 Å². The summed E-state index contributed by atoms with van der Waals surface area (Å²) in [7, 11) is 0. The highest BCUT2D eigenvalue weighted by molar-refractivity contribution is 14.1. The Bertz CT molecular complexity index is 535. The van der Waals surface area contributed by atoms with Gasteiger partial charge in [-0.25, -0.2) is 5.43 Å². The zero-order chi connectivity index (χ0) is 12.1. The second-order valence-electron chi connectivity index (χ2n) is 3.20. The number of carbonyl (C=O) groups excluding carboxylic acids is 1. The molecule has 1 heterocycles. The Hall–Kier alpha value is -1.70. The van der Waals surface area contributed by atoms with Gasteiger partial charge in [0, 0.05) is 0 Å². The third-order valence-corrected chi connectivity index (χ3v) is 2.82. The Morgan fingerprint density at radius 2 is 2.18 bits per heavy atom. The molecule has 86 valence electrons. The van der Waals surface area contributed by atoms with Crippen LogP contribution in [-0.2, 0) is 0 Å². The molecule has 0 spiro atoms. The fourth-order valence-electron chi connectivity index (χ4n) is 1.19. The molecule has 0 fully saturated rings. The molecule has 1 aromatic heterocycles. The van der Waals surface area contributed by atoms with Crippen LogP contribution < -0.4 is 5.43 Å². The molecule has 0 radical (unpaired) electrons. The average Bonchev–Trinajstić information content (AvgIpc) is 2.77. The predicted molar refractivity (Wildman–Crippen MR) is 72.8 cm³/mol. The van der Waals surface area contributed by atoms with E-state index in [0.717, 1.165) is 9.13 Å². The average molecular weight is 340 g/mol. The van der Waals surface area contributed by atoms with Gasteiger partial charge in [0.1, 0.15) is 5.69 Å². The van der Waals surface area contributed by atoms with Gasteiger partial charge in [-0.1, -0.05) is 30.3 Å². The Balaban J connectivity index is 1.98. The van der Waals surface area contributed by atoms with Gasteiger partial charge in [-0.3, -0.25) is 9.89 Å². The number of nitrogens with zero attached hydrogens (tertiary/aromatic N) is 2. The number of rotatable bonds is 3. The van der Waals surface area contributed by atoms with E-state index in [9.17, 15) is 4.79 Å². The van der Waals surface area contributed by atoms with Crippen molar-refractivity contribution in [2.24, 2.45) is 5.10 Å². The van der Waals surface area contributed by atoms with Gasteiger partial charge in [-0.15, -0.1) is 0 Å². The topological polar surface area (TPSA) is 70.1 Å². The summed E-state index contributed by atoms with van der Waals surface area (Å²) in [4.78, 5) is 11.6. The number of aromatic nitrogens is 2. The third-order valence-electron chi connectivity index (χ3n) is 2.00. The third kappa shape index (κ3) is 3.13. The number of hydrogen-bond acceptors (Lipinski definition) is 3. The summed E-state index contributed by atoms with van der Waals surface area (Å²) < 4.78 is 0.759. The second-order valence-corrected chi connectivity index (χ2v) is 4.36. The fourth-order valence-corrected chi connectivity index (χ4v) is 1.70. The number of H-pyrrole nitrogens is 1. The standard InChI is InChI=1S/C11H9IN4O/c12-9-7-14-15-10(9)11(17)16-13-6-8-4-2-1-3-5-8/h1-7H,(H,14,15)(H,16,17)/b13-6+. The van der Waals surface area contributed by atoms with E-state index >= 15 is 0 Å². The summed E-state index contributed by atoms with van der Waals surface area (Å²) in [5.74, 6) is -0.306. The quantitative estimate of drug-likeness (QED) is 0.508.